The van der Waals surface area contributed by atoms with Gasteiger partial charge in [-0.05, 0) is 68.1 Å². The third kappa shape index (κ3) is 2.69. The zero-order valence-electron chi connectivity index (χ0n) is 13.2. The van der Waals surface area contributed by atoms with Gasteiger partial charge in [-0.25, -0.2) is 0 Å². The second kappa shape index (κ2) is 5.93. The van der Waals surface area contributed by atoms with Crippen molar-refractivity contribution in [2.24, 2.45) is 17.7 Å². The fraction of sp³-hybridized carbons (Fsp3) is 0.500. The lowest BCUT2D eigenvalue weighted by Crippen LogP contribution is -2.32. The van der Waals surface area contributed by atoms with E-state index in [0.717, 1.165) is 52.8 Å². The Kier molecular flexibility index (Phi) is 3.92. The molecule has 0 aliphatic heterocycles. The number of nitrogens with zero attached hydrogens (tertiary/aromatic N) is 1. The van der Waals surface area contributed by atoms with E-state index < -0.39 is 0 Å². The molecule has 2 aliphatic rings. The van der Waals surface area contributed by atoms with Gasteiger partial charge in [-0.2, -0.15) is 0 Å². The third-order valence-electron chi connectivity index (χ3n) is 5.60. The molecule has 1 fully saturated rings. The average Bonchev–Trinajstić information content (AvgIpc) is 2.52. The van der Waals surface area contributed by atoms with Crippen LogP contribution in [0.1, 0.15) is 42.9 Å². The number of aromatic nitrogens is 1. The number of fused-ring (bicyclic) bond motifs is 5. The molecule has 2 bridgehead atoms. The van der Waals surface area contributed by atoms with Crippen LogP contribution in [0.2, 0.25) is 5.02 Å². The summed E-state index contributed by atoms with van der Waals surface area (Å²) in [4.78, 5) is 4.91. The summed E-state index contributed by atoms with van der Waals surface area (Å²) >= 11 is 6.12. The highest BCUT2D eigenvalue weighted by molar-refractivity contribution is 6.31. The van der Waals surface area contributed by atoms with Crippen molar-refractivity contribution in [2.45, 2.75) is 38.0 Å². The maximum atomic E-state index is 6.56. The van der Waals surface area contributed by atoms with Crippen LogP contribution in [-0.2, 0) is 6.42 Å². The highest BCUT2D eigenvalue weighted by Crippen LogP contribution is 2.49. The van der Waals surface area contributed by atoms with Gasteiger partial charge in [0.1, 0.15) is 0 Å². The van der Waals surface area contributed by atoms with Gasteiger partial charge in [0.05, 0.1) is 5.52 Å². The molecule has 1 saturated carbocycles. The van der Waals surface area contributed by atoms with Gasteiger partial charge in [0.2, 0.25) is 0 Å². The van der Waals surface area contributed by atoms with Gasteiger partial charge in [0.15, 0.2) is 0 Å². The maximum absolute atomic E-state index is 6.56. The Labute approximate surface area is 141 Å². The lowest BCUT2D eigenvalue weighted by molar-refractivity contribution is 0.210. The predicted octanol–water partition coefficient (Wildman–Crippen LogP) is 3.38. The Balaban J connectivity index is 1.74. The fourth-order valence-electron chi connectivity index (χ4n) is 4.71. The summed E-state index contributed by atoms with van der Waals surface area (Å²) in [6.45, 7) is 0.890. The standard InChI is InChI=1S/C18H23ClN4/c19-13-1-2-14-15(9-13)23-16-8-11-5-10(3-4-22-21)6-12(7-11)17(16)18(14)20/h1-2,9-12,22H,3-8,21H2,(H2,20,23). The van der Waals surface area contributed by atoms with Crippen LogP contribution in [0.15, 0.2) is 18.2 Å². The summed E-state index contributed by atoms with van der Waals surface area (Å²) in [6.07, 6.45) is 5.94. The van der Waals surface area contributed by atoms with Gasteiger partial charge in [0.25, 0.3) is 0 Å². The molecule has 1 heterocycles. The van der Waals surface area contributed by atoms with Crippen LogP contribution in [0.3, 0.4) is 0 Å². The summed E-state index contributed by atoms with van der Waals surface area (Å²) in [7, 11) is 0. The number of halogens is 1. The summed E-state index contributed by atoms with van der Waals surface area (Å²) in [5.41, 5.74) is 13.7. The van der Waals surface area contributed by atoms with Gasteiger partial charge in [0, 0.05) is 33.9 Å². The lowest BCUT2D eigenvalue weighted by atomic mass is 9.65. The van der Waals surface area contributed by atoms with E-state index in [0.29, 0.717) is 5.92 Å². The van der Waals surface area contributed by atoms with Crippen molar-refractivity contribution in [3.8, 4) is 0 Å². The third-order valence-corrected chi connectivity index (χ3v) is 5.83. The van der Waals surface area contributed by atoms with E-state index in [2.05, 4.69) is 5.43 Å². The molecule has 5 heteroatoms. The lowest BCUT2D eigenvalue weighted by Gasteiger charge is -2.40. The maximum Gasteiger partial charge on any atom is 0.0741 e. The minimum Gasteiger partial charge on any atom is -0.398 e. The second-order valence-corrected chi connectivity index (χ2v) is 7.57. The topological polar surface area (TPSA) is 77.0 Å². The summed E-state index contributed by atoms with van der Waals surface area (Å²) in [5.74, 6) is 7.46. The van der Waals surface area contributed by atoms with Crippen molar-refractivity contribution in [1.29, 1.82) is 0 Å². The number of hydrogen-bond donors (Lipinski definition) is 3. The minimum absolute atomic E-state index is 0.549. The molecule has 5 N–H and O–H groups in total. The zero-order chi connectivity index (χ0) is 16.0. The van der Waals surface area contributed by atoms with E-state index in [-0.39, 0.29) is 0 Å². The predicted molar refractivity (Wildman–Crippen MR) is 95.2 cm³/mol. The van der Waals surface area contributed by atoms with Gasteiger partial charge in [-0.15, -0.1) is 0 Å². The van der Waals surface area contributed by atoms with Crippen LogP contribution in [0.4, 0.5) is 5.69 Å². The van der Waals surface area contributed by atoms with Gasteiger partial charge in [-0.1, -0.05) is 11.6 Å². The summed E-state index contributed by atoms with van der Waals surface area (Å²) < 4.78 is 0. The molecule has 0 spiro atoms. The average molecular weight is 331 g/mol. The summed E-state index contributed by atoms with van der Waals surface area (Å²) in [6, 6.07) is 5.83. The number of nitrogens with two attached hydrogens (primary N) is 2. The van der Waals surface area contributed by atoms with E-state index in [9.17, 15) is 0 Å². The van der Waals surface area contributed by atoms with Crippen molar-refractivity contribution in [2.75, 3.05) is 12.3 Å². The number of nitrogens with one attached hydrogen (secondary N) is 1. The van der Waals surface area contributed by atoms with Crippen LogP contribution in [0.5, 0.6) is 0 Å². The molecule has 0 radical (unpaired) electrons. The van der Waals surface area contributed by atoms with E-state index in [4.69, 9.17) is 28.2 Å². The Bertz CT molecular complexity index is 745. The number of anilines is 1. The molecule has 3 unspecified atom stereocenters. The Morgan fingerprint density at radius 2 is 2.13 bits per heavy atom. The molecular weight excluding hydrogens is 308 g/mol. The van der Waals surface area contributed by atoms with Crippen LogP contribution >= 0.6 is 11.6 Å². The number of nitrogen functional groups attached to an aromatic ring is 1. The normalized spacial score (nSPS) is 26.3. The Morgan fingerprint density at radius 1 is 1.26 bits per heavy atom. The van der Waals surface area contributed by atoms with Gasteiger partial charge in [-0.3, -0.25) is 16.3 Å². The molecular formula is C18H23ClN4. The van der Waals surface area contributed by atoms with Gasteiger partial charge < -0.3 is 5.73 Å². The number of pyridine rings is 1. The van der Waals surface area contributed by atoms with E-state index in [1.165, 1.54) is 30.5 Å². The van der Waals surface area contributed by atoms with Crippen LogP contribution in [-0.4, -0.2) is 11.5 Å². The van der Waals surface area contributed by atoms with Crippen molar-refractivity contribution in [3.05, 3.63) is 34.5 Å². The van der Waals surface area contributed by atoms with Crippen LogP contribution in [0.25, 0.3) is 10.9 Å². The first-order valence-corrected chi connectivity index (χ1v) is 8.84. The highest BCUT2D eigenvalue weighted by Gasteiger charge is 2.37. The molecule has 0 amide bonds. The van der Waals surface area contributed by atoms with E-state index in [1.54, 1.807) is 0 Å². The molecule has 1 aromatic carbocycles. The first-order chi connectivity index (χ1) is 11.2. The largest absolute Gasteiger partial charge is 0.398 e. The molecule has 1 aromatic heterocycles. The van der Waals surface area contributed by atoms with Crippen molar-refractivity contribution in [1.82, 2.24) is 10.4 Å². The quantitative estimate of drug-likeness (QED) is 0.595. The van der Waals surface area contributed by atoms with E-state index in [1.807, 2.05) is 18.2 Å². The SMILES string of the molecule is NNCCC1CC2Cc3nc4cc(Cl)ccc4c(N)c3C(C1)C2. The smallest absolute Gasteiger partial charge is 0.0741 e. The number of hydrogen-bond acceptors (Lipinski definition) is 4. The second-order valence-electron chi connectivity index (χ2n) is 7.13. The Hall–Kier alpha value is -1.36. The Morgan fingerprint density at radius 3 is 2.96 bits per heavy atom. The number of benzene rings is 1. The summed E-state index contributed by atoms with van der Waals surface area (Å²) in [5, 5.41) is 1.76. The molecule has 3 atom stereocenters. The van der Waals surface area contributed by atoms with Crippen molar-refractivity contribution < 1.29 is 0 Å². The van der Waals surface area contributed by atoms with Crippen molar-refractivity contribution >= 4 is 28.2 Å². The number of rotatable bonds is 3. The molecule has 0 saturated heterocycles. The molecule has 2 aromatic rings. The zero-order valence-corrected chi connectivity index (χ0v) is 13.9. The van der Waals surface area contributed by atoms with Crippen LogP contribution < -0.4 is 17.0 Å². The first kappa shape index (κ1) is 15.2. The van der Waals surface area contributed by atoms with Crippen molar-refractivity contribution in [3.63, 3.8) is 0 Å². The first-order valence-electron chi connectivity index (χ1n) is 8.46. The monoisotopic (exact) mass is 330 g/mol. The highest BCUT2D eigenvalue weighted by atomic mass is 35.5. The molecule has 2 aliphatic carbocycles. The molecule has 4 nitrogen and oxygen atoms in total. The molecule has 122 valence electrons. The number of hydrazine groups is 1. The van der Waals surface area contributed by atoms with Gasteiger partial charge >= 0.3 is 0 Å². The molecule has 23 heavy (non-hydrogen) atoms. The molecule has 4 rings (SSSR count). The fourth-order valence-corrected chi connectivity index (χ4v) is 4.87. The minimum atomic E-state index is 0.549. The van der Waals surface area contributed by atoms with E-state index >= 15 is 0 Å². The van der Waals surface area contributed by atoms with Crippen LogP contribution in [0, 0.1) is 11.8 Å².